The molecule has 0 saturated carbocycles. The molecule has 0 bridgehead atoms. The monoisotopic (exact) mass is 213 g/mol. The van der Waals surface area contributed by atoms with Crippen molar-refractivity contribution in [2.75, 3.05) is 18.9 Å². The summed E-state index contributed by atoms with van der Waals surface area (Å²) in [6.07, 6.45) is 2.14. The highest BCUT2D eigenvalue weighted by atomic mass is 35.5. The average molecular weight is 214 g/mol. The van der Waals surface area contributed by atoms with Gasteiger partial charge < -0.3 is 10.5 Å². The topological polar surface area (TPSA) is 61.0 Å². The number of anilines is 1. The summed E-state index contributed by atoms with van der Waals surface area (Å²) in [6.45, 7) is 1.54. The van der Waals surface area contributed by atoms with Gasteiger partial charge in [0.25, 0.3) is 0 Å². The number of nitrogens with two attached hydrogens (primary N) is 1. The normalized spacial score (nSPS) is 22.2. The van der Waals surface area contributed by atoms with Gasteiger partial charge in [0.1, 0.15) is 0 Å². The summed E-state index contributed by atoms with van der Waals surface area (Å²) in [5.41, 5.74) is 7.02. The molecule has 76 valence electrons. The van der Waals surface area contributed by atoms with E-state index in [1.807, 2.05) is 0 Å². The lowest BCUT2D eigenvalue weighted by atomic mass is 9.98. The third kappa shape index (κ3) is 1.96. The fourth-order valence-corrected chi connectivity index (χ4v) is 1.67. The summed E-state index contributed by atoms with van der Waals surface area (Å²) >= 11 is 5.69. The zero-order chi connectivity index (χ0) is 9.97. The minimum Gasteiger partial charge on any atom is -0.396 e. The first-order chi connectivity index (χ1) is 6.77. The maximum atomic E-state index is 5.69. The molecule has 1 aromatic rings. The fourth-order valence-electron chi connectivity index (χ4n) is 1.58. The van der Waals surface area contributed by atoms with Gasteiger partial charge in [-0.2, -0.15) is 5.10 Å². The highest BCUT2D eigenvalue weighted by molar-refractivity contribution is 6.31. The van der Waals surface area contributed by atoms with Gasteiger partial charge >= 0.3 is 0 Å². The van der Waals surface area contributed by atoms with Gasteiger partial charge in [-0.3, -0.25) is 0 Å². The van der Waals surface area contributed by atoms with Crippen molar-refractivity contribution in [3.8, 4) is 0 Å². The van der Waals surface area contributed by atoms with Crippen LogP contribution in [0.5, 0.6) is 0 Å². The molecule has 5 heteroatoms. The molecule has 1 unspecified atom stereocenters. The van der Waals surface area contributed by atoms with E-state index in [9.17, 15) is 0 Å². The molecule has 1 aliphatic rings. The van der Waals surface area contributed by atoms with Gasteiger partial charge in [-0.1, -0.05) is 11.6 Å². The lowest BCUT2D eigenvalue weighted by molar-refractivity contribution is 0.0791. The Kier molecular flexibility index (Phi) is 2.84. The zero-order valence-corrected chi connectivity index (χ0v) is 8.50. The molecule has 1 fully saturated rings. The van der Waals surface area contributed by atoms with Gasteiger partial charge in [-0.25, -0.2) is 0 Å². The number of nitrogen functional groups attached to an aromatic ring is 1. The van der Waals surface area contributed by atoms with Crippen molar-refractivity contribution < 1.29 is 4.74 Å². The van der Waals surface area contributed by atoms with Crippen LogP contribution in [0.2, 0.25) is 5.15 Å². The van der Waals surface area contributed by atoms with Crippen LogP contribution >= 0.6 is 11.6 Å². The van der Waals surface area contributed by atoms with E-state index in [-0.39, 0.29) is 5.15 Å². The van der Waals surface area contributed by atoms with E-state index in [1.165, 1.54) is 0 Å². The summed E-state index contributed by atoms with van der Waals surface area (Å²) in [7, 11) is 0. The van der Waals surface area contributed by atoms with Crippen LogP contribution in [0.3, 0.4) is 0 Å². The van der Waals surface area contributed by atoms with Crippen LogP contribution in [-0.2, 0) is 4.74 Å². The zero-order valence-electron chi connectivity index (χ0n) is 7.74. The van der Waals surface area contributed by atoms with Gasteiger partial charge in [-0.05, 0) is 18.9 Å². The number of nitrogens with zero attached hydrogens (tertiary/aromatic N) is 2. The third-order valence-corrected chi connectivity index (χ3v) is 2.67. The standard InChI is InChI=1S/C9H12ClN3O/c10-9-7(11)4-8(12-13-9)6-2-1-3-14-5-6/h4,6H,1-3,5H2,(H2,11,12). The Labute approximate surface area is 87.4 Å². The van der Waals surface area contributed by atoms with Gasteiger partial charge in [0.15, 0.2) is 5.15 Å². The lowest BCUT2D eigenvalue weighted by Crippen LogP contribution is -2.17. The smallest absolute Gasteiger partial charge is 0.174 e. The minimum atomic E-state index is 0.269. The van der Waals surface area contributed by atoms with E-state index in [2.05, 4.69) is 10.2 Å². The minimum absolute atomic E-state index is 0.269. The Bertz CT molecular complexity index is 326. The van der Waals surface area contributed by atoms with Crippen molar-refractivity contribution in [3.05, 3.63) is 16.9 Å². The van der Waals surface area contributed by atoms with E-state index < -0.39 is 0 Å². The molecular formula is C9H12ClN3O. The van der Waals surface area contributed by atoms with Crippen LogP contribution in [-0.4, -0.2) is 23.4 Å². The first-order valence-corrected chi connectivity index (χ1v) is 5.01. The predicted molar refractivity (Wildman–Crippen MR) is 54.2 cm³/mol. The van der Waals surface area contributed by atoms with Crippen LogP contribution in [0.25, 0.3) is 0 Å². The van der Waals surface area contributed by atoms with Crippen LogP contribution < -0.4 is 5.73 Å². The molecule has 1 saturated heterocycles. The second kappa shape index (κ2) is 4.11. The third-order valence-electron chi connectivity index (χ3n) is 2.37. The van der Waals surface area contributed by atoms with E-state index in [0.29, 0.717) is 18.2 Å². The Hall–Kier alpha value is -0.870. The first-order valence-electron chi connectivity index (χ1n) is 4.63. The number of aromatic nitrogens is 2. The maximum Gasteiger partial charge on any atom is 0.174 e. The van der Waals surface area contributed by atoms with Crippen LogP contribution in [0.4, 0.5) is 5.69 Å². The largest absolute Gasteiger partial charge is 0.396 e. The molecule has 0 spiro atoms. The maximum absolute atomic E-state index is 5.69. The van der Waals surface area contributed by atoms with Crippen molar-refractivity contribution >= 4 is 17.3 Å². The molecule has 14 heavy (non-hydrogen) atoms. The summed E-state index contributed by atoms with van der Waals surface area (Å²) in [5, 5.41) is 8.08. The van der Waals surface area contributed by atoms with Gasteiger partial charge in [0, 0.05) is 12.5 Å². The molecular weight excluding hydrogens is 202 g/mol. The lowest BCUT2D eigenvalue weighted by Gasteiger charge is -2.21. The highest BCUT2D eigenvalue weighted by Crippen LogP contribution is 2.26. The van der Waals surface area contributed by atoms with Crippen LogP contribution in [0.1, 0.15) is 24.5 Å². The fraction of sp³-hybridized carbons (Fsp3) is 0.556. The summed E-state index contributed by atoms with van der Waals surface area (Å²) in [6, 6.07) is 1.79. The van der Waals surface area contributed by atoms with E-state index in [4.69, 9.17) is 22.1 Å². The van der Waals surface area contributed by atoms with Crippen molar-refractivity contribution in [2.45, 2.75) is 18.8 Å². The molecule has 1 aromatic heterocycles. The molecule has 0 radical (unpaired) electrons. The van der Waals surface area contributed by atoms with Crippen molar-refractivity contribution in [1.29, 1.82) is 0 Å². The average Bonchev–Trinajstić information content (AvgIpc) is 2.23. The molecule has 4 nitrogen and oxygen atoms in total. The van der Waals surface area contributed by atoms with E-state index in [1.54, 1.807) is 6.07 Å². The van der Waals surface area contributed by atoms with Crippen molar-refractivity contribution in [1.82, 2.24) is 10.2 Å². The van der Waals surface area contributed by atoms with Crippen molar-refractivity contribution in [3.63, 3.8) is 0 Å². The molecule has 1 aliphatic heterocycles. The Morgan fingerprint density at radius 3 is 3.00 bits per heavy atom. The molecule has 2 rings (SSSR count). The Morgan fingerprint density at radius 1 is 1.50 bits per heavy atom. The first kappa shape index (κ1) is 9.68. The number of hydrogen-bond donors (Lipinski definition) is 1. The second-order valence-corrected chi connectivity index (χ2v) is 3.79. The molecule has 1 atom stereocenters. The Morgan fingerprint density at radius 2 is 2.36 bits per heavy atom. The number of halogens is 1. The van der Waals surface area contributed by atoms with Crippen LogP contribution in [0, 0.1) is 0 Å². The quantitative estimate of drug-likeness (QED) is 0.770. The highest BCUT2D eigenvalue weighted by Gasteiger charge is 2.18. The second-order valence-electron chi connectivity index (χ2n) is 3.43. The van der Waals surface area contributed by atoms with Crippen molar-refractivity contribution in [2.24, 2.45) is 0 Å². The summed E-state index contributed by atoms with van der Waals surface area (Å²) < 4.78 is 5.37. The number of ether oxygens (including phenoxy) is 1. The van der Waals surface area contributed by atoms with E-state index in [0.717, 1.165) is 25.1 Å². The van der Waals surface area contributed by atoms with Gasteiger partial charge in [-0.15, -0.1) is 5.10 Å². The molecule has 0 aliphatic carbocycles. The summed E-state index contributed by atoms with van der Waals surface area (Å²) in [4.78, 5) is 0. The Balaban J connectivity index is 2.18. The molecule has 0 aromatic carbocycles. The number of rotatable bonds is 1. The molecule has 2 heterocycles. The molecule has 2 N–H and O–H groups in total. The van der Waals surface area contributed by atoms with E-state index >= 15 is 0 Å². The SMILES string of the molecule is Nc1cc(C2CCCOC2)nnc1Cl. The van der Waals surface area contributed by atoms with Gasteiger partial charge in [0.2, 0.25) is 0 Å². The molecule has 0 amide bonds. The predicted octanol–water partition coefficient (Wildman–Crippen LogP) is 1.61. The van der Waals surface area contributed by atoms with Crippen LogP contribution in [0.15, 0.2) is 6.07 Å². The number of hydrogen-bond acceptors (Lipinski definition) is 4. The van der Waals surface area contributed by atoms with Gasteiger partial charge in [0.05, 0.1) is 18.0 Å². The summed E-state index contributed by atoms with van der Waals surface area (Å²) in [5.74, 6) is 0.316.